The molecule has 4 aromatic rings. The quantitative estimate of drug-likeness (QED) is 0.490. The maximum absolute atomic E-state index is 5.65. The van der Waals surface area contributed by atoms with Gasteiger partial charge in [-0.25, -0.2) is 9.97 Å². The normalized spacial score (nSPS) is 18.3. The van der Waals surface area contributed by atoms with Crippen molar-refractivity contribution in [1.82, 2.24) is 34.9 Å². The van der Waals surface area contributed by atoms with Crippen LogP contribution >= 0.6 is 0 Å². The lowest BCUT2D eigenvalue weighted by atomic mass is 9.77. The van der Waals surface area contributed by atoms with E-state index in [1.165, 1.54) is 0 Å². The van der Waals surface area contributed by atoms with Gasteiger partial charge < -0.3 is 15.0 Å². The second-order valence-corrected chi connectivity index (χ2v) is 8.56. The smallest absolute Gasteiger partial charge is 0.261 e. The van der Waals surface area contributed by atoms with Crippen molar-refractivity contribution >= 4 is 5.95 Å². The molecule has 10 heteroatoms. The highest BCUT2D eigenvalue weighted by Crippen LogP contribution is 2.50. The highest BCUT2D eigenvalue weighted by atomic mass is 16.5. The summed E-state index contributed by atoms with van der Waals surface area (Å²) in [6.45, 7) is 3.53. The minimum absolute atomic E-state index is 0.242. The van der Waals surface area contributed by atoms with Crippen LogP contribution < -0.4 is 5.73 Å². The molecule has 1 saturated carbocycles. The van der Waals surface area contributed by atoms with Crippen molar-refractivity contribution in [3.8, 4) is 22.7 Å². The molecular weight excluding hydrogens is 408 g/mol. The highest BCUT2D eigenvalue weighted by molar-refractivity contribution is 5.58. The summed E-state index contributed by atoms with van der Waals surface area (Å²) in [7, 11) is 0. The van der Waals surface area contributed by atoms with Gasteiger partial charge in [0.2, 0.25) is 5.95 Å². The molecule has 1 saturated heterocycles. The molecule has 162 valence electrons. The van der Waals surface area contributed by atoms with E-state index in [1.807, 2.05) is 23.1 Å². The molecule has 0 radical (unpaired) electrons. The van der Waals surface area contributed by atoms with Gasteiger partial charge in [-0.3, -0.25) is 9.67 Å². The Morgan fingerprint density at radius 3 is 2.50 bits per heavy atom. The largest absolute Gasteiger partial charge is 0.377 e. The lowest BCUT2D eigenvalue weighted by molar-refractivity contribution is -0.0286. The zero-order valence-electron chi connectivity index (χ0n) is 17.5. The van der Waals surface area contributed by atoms with Crippen molar-refractivity contribution in [3.05, 3.63) is 54.5 Å². The van der Waals surface area contributed by atoms with Gasteiger partial charge in [-0.05, 0) is 37.3 Å². The van der Waals surface area contributed by atoms with Crippen LogP contribution in [0.1, 0.15) is 37.2 Å². The lowest BCUT2D eigenvalue weighted by Gasteiger charge is -2.26. The third-order valence-corrected chi connectivity index (χ3v) is 6.46. The molecule has 0 amide bonds. The summed E-state index contributed by atoms with van der Waals surface area (Å²) >= 11 is 0. The zero-order chi connectivity index (χ0) is 21.7. The Hall–Kier alpha value is -3.66. The topological polar surface area (TPSA) is 131 Å². The number of pyridine rings is 1. The molecular formula is C22H22N8O2. The first-order chi connectivity index (χ1) is 15.6. The third-order valence-electron chi connectivity index (χ3n) is 6.46. The lowest BCUT2D eigenvalue weighted by Crippen LogP contribution is -2.30. The summed E-state index contributed by atoms with van der Waals surface area (Å²) in [6.07, 6.45) is 11.2. The van der Waals surface area contributed by atoms with Crippen molar-refractivity contribution in [3.63, 3.8) is 0 Å². The fourth-order valence-electron chi connectivity index (χ4n) is 4.13. The van der Waals surface area contributed by atoms with E-state index in [1.54, 1.807) is 18.6 Å². The summed E-state index contributed by atoms with van der Waals surface area (Å²) < 4.78 is 12.8. The molecule has 1 aliphatic carbocycles. The molecule has 2 N–H and O–H groups in total. The van der Waals surface area contributed by atoms with E-state index in [4.69, 9.17) is 20.0 Å². The standard InChI is InChI=1S/C22H22N8O2/c1-22(15-2-3-15,16-4-5-18(24-9-16)13-6-25-21(23)26-7-13)20-28-19(32-29-20)14-8-27-30(10-14)17-11-31-12-17/h4-10,15,17H,2-3,11-12H2,1H3,(H2,23,25,26)/t22-/m1/s1. The van der Waals surface area contributed by atoms with Crippen LogP contribution in [-0.2, 0) is 10.2 Å². The fraction of sp³-hybridized carbons (Fsp3) is 0.364. The maximum Gasteiger partial charge on any atom is 0.261 e. The summed E-state index contributed by atoms with van der Waals surface area (Å²) in [4.78, 5) is 17.5. The molecule has 0 spiro atoms. The van der Waals surface area contributed by atoms with Crippen LogP contribution in [0.4, 0.5) is 5.95 Å². The zero-order valence-corrected chi connectivity index (χ0v) is 17.5. The molecule has 0 unspecified atom stereocenters. The summed E-state index contributed by atoms with van der Waals surface area (Å²) in [5, 5.41) is 8.79. The van der Waals surface area contributed by atoms with Crippen LogP contribution in [0, 0.1) is 5.92 Å². The Labute approximate surface area is 183 Å². The van der Waals surface area contributed by atoms with E-state index in [9.17, 15) is 0 Å². The van der Waals surface area contributed by atoms with Crippen LogP contribution in [-0.4, -0.2) is 48.1 Å². The van der Waals surface area contributed by atoms with Crippen LogP contribution in [0.3, 0.4) is 0 Å². The number of hydrogen-bond acceptors (Lipinski definition) is 9. The van der Waals surface area contributed by atoms with Gasteiger partial charge in [-0.2, -0.15) is 10.1 Å². The summed E-state index contributed by atoms with van der Waals surface area (Å²) in [5.41, 5.74) is 8.66. The predicted octanol–water partition coefficient (Wildman–Crippen LogP) is 2.65. The number of nitrogen functional groups attached to an aromatic ring is 1. The molecule has 2 fully saturated rings. The van der Waals surface area contributed by atoms with Crippen molar-refractivity contribution in [2.75, 3.05) is 18.9 Å². The number of anilines is 1. The maximum atomic E-state index is 5.65. The van der Waals surface area contributed by atoms with E-state index in [-0.39, 0.29) is 17.4 Å². The molecule has 0 bridgehead atoms. The average Bonchev–Trinajstić information content (AvgIpc) is 3.33. The molecule has 1 aliphatic heterocycles. The number of aromatic nitrogens is 7. The van der Waals surface area contributed by atoms with Crippen LogP contribution in [0.5, 0.6) is 0 Å². The van der Waals surface area contributed by atoms with Crippen molar-refractivity contribution < 1.29 is 9.26 Å². The molecule has 32 heavy (non-hydrogen) atoms. The number of hydrogen-bond donors (Lipinski definition) is 1. The number of nitrogens with zero attached hydrogens (tertiary/aromatic N) is 7. The summed E-state index contributed by atoms with van der Waals surface area (Å²) in [5.74, 6) is 1.82. The number of ether oxygens (including phenoxy) is 1. The molecule has 6 rings (SSSR count). The predicted molar refractivity (Wildman–Crippen MR) is 114 cm³/mol. The van der Waals surface area contributed by atoms with Crippen LogP contribution in [0.15, 0.2) is 47.6 Å². The van der Waals surface area contributed by atoms with E-state index >= 15 is 0 Å². The molecule has 0 aromatic carbocycles. The van der Waals surface area contributed by atoms with Gasteiger partial charge in [0.15, 0.2) is 5.82 Å². The number of rotatable bonds is 6. The van der Waals surface area contributed by atoms with Gasteiger partial charge in [-0.15, -0.1) is 0 Å². The number of nitrogens with two attached hydrogens (primary N) is 1. The van der Waals surface area contributed by atoms with Crippen molar-refractivity contribution in [2.45, 2.75) is 31.2 Å². The Bertz CT molecular complexity index is 1240. The molecule has 10 nitrogen and oxygen atoms in total. The van der Waals surface area contributed by atoms with E-state index in [2.05, 4.69) is 38.2 Å². The molecule has 1 atom stereocenters. The second-order valence-electron chi connectivity index (χ2n) is 8.56. The molecule has 4 aromatic heterocycles. The molecule has 2 aliphatic rings. The first-order valence-electron chi connectivity index (χ1n) is 10.6. The first-order valence-corrected chi connectivity index (χ1v) is 10.6. The molecule has 5 heterocycles. The minimum Gasteiger partial charge on any atom is -0.377 e. The Balaban J connectivity index is 1.31. The van der Waals surface area contributed by atoms with Crippen molar-refractivity contribution in [1.29, 1.82) is 0 Å². The van der Waals surface area contributed by atoms with Gasteiger partial charge in [0.1, 0.15) is 0 Å². The Morgan fingerprint density at radius 2 is 1.84 bits per heavy atom. The van der Waals surface area contributed by atoms with Gasteiger partial charge >= 0.3 is 0 Å². The van der Waals surface area contributed by atoms with E-state index in [0.717, 1.165) is 35.2 Å². The second kappa shape index (κ2) is 7.20. The van der Waals surface area contributed by atoms with Gasteiger partial charge in [0.05, 0.1) is 42.1 Å². The highest BCUT2D eigenvalue weighted by Gasteiger charge is 2.47. The SMILES string of the molecule is C[C@@](c1ccc(-c2cnc(N)nc2)nc1)(c1noc(-c2cnn(C3COC3)c2)n1)C1CC1. The van der Waals surface area contributed by atoms with Crippen LogP contribution in [0.2, 0.25) is 0 Å². The fourth-order valence-corrected chi connectivity index (χ4v) is 4.13. The first kappa shape index (κ1) is 19.1. The minimum atomic E-state index is -0.386. The van der Waals surface area contributed by atoms with Crippen molar-refractivity contribution in [2.24, 2.45) is 5.92 Å². The van der Waals surface area contributed by atoms with Gasteiger partial charge in [-0.1, -0.05) is 11.2 Å². The monoisotopic (exact) mass is 430 g/mol. The summed E-state index contributed by atoms with van der Waals surface area (Å²) in [6, 6.07) is 4.32. The Kier molecular flexibility index (Phi) is 4.29. The third kappa shape index (κ3) is 3.14. The van der Waals surface area contributed by atoms with Crippen LogP contribution in [0.25, 0.3) is 22.7 Å². The Morgan fingerprint density at radius 1 is 1.03 bits per heavy atom. The van der Waals surface area contributed by atoms with Gasteiger partial charge in [0, 0.05) is 30.4 Å². The average molecular weight is 430 g/mol. The van der Waals surface area contributed by atoms with E-state index < -0.39 is 0 Å². The van der Waals surface area contributed by atoms with Gasteiger partial charge in [0.25, 0.3) is 5.89 Å². The van der Waals surface area contributed by atoms with E-state index in [0.29, 0.717) is 30.8 Å².